The largest absolute Gasteiger partial charge is 0.497 e. The van der Waals surface area contributed by atoms with Crippen LogP contribution in [0, 0.1) is 0 Å². The molecule has 1 saturated heterocycles. The van der Waals surface area contributed by atoms with Gasteiger partial charge in [-0.1, -0.05) is 12.1 Å². The lowest BCUT2D eigenvalue weighted by Crippen LogP contribution is -2.33. The molecule has 1 aliphatic heterocycles. The number of anilines is 1. The van der Waals surface area contributed by atoms with Crippen molar-refractivity contribution in [1.29, 1.82) is 0 Å². The zero-order valence-corrected chi connectivity index (χ0v) is 17.7. The molecule has 13 nitrogen and oxygen atoms in total. The summed E-state index contributed by atoms with van der Waals surface area (Å²) in [4.78, 5) is 30.4. The predicted octanol–water partition coefficient (Wildman–Crippen LogP) is 0.175. The fraction of sp³-hybridized carbons (Fsp3) is 0.389. The number of rotatable bonds is 8. The van der Waals surface area contributed by atoms with E-state index < -0.39 is 39.0 Å². The molecule has 0 radical (unpaired) electrons. The maximum Gasteiger partial charge on any atom is 0.469 e. The molecule has 0 bridgehead atoms. The van der Waals surface area contributed by atoms with Crippen LogP contribution in [0.4, 0.5) is 5.82 Å². The number of fused-ring (bicyclic) bond motifs is 1. The summed E-state index contributed by atoms with van der Waals surface area (Å²) in [5.41, 5.74) is 1.71. The summed E-state index contributed by atoms with van der Waals surface area (Å²) in [6.07, 6.45) is -2.39. The highest BCUT2D eigenvalue weighted by Gasteiger charge is 2.45. The maximum atomic E-state index is 10.9. The molecule has 0 amide bonds. The minimum atomic E-state index is -4.76. The van der Waals surface area contributed by atoms with Crippen LogP contribution in [0.5, 0.6) is 5.75 Å². The first kappa shape index (κ1) is 22.6. The molecule has 0 spiro atoms. The Morgan fingerprint density at radius 3 is 2.78 bits per heavy atom. The molecule has 32 heavy (non-hydrogen) atoms. The standard InChI is InChI=1S/C18H22N5O8P/c1-29-11-4-2-3-10(5-11)6-19-16-13-17(21-8-20-16)23(9-22-13)18-15(25)14(24)12(31-18)7-30-32(26,27)28/h2-5,8-9,12,14-15,18,24-25H,6-7H2,1H3,(H,19,20,21)(H2,26,27,28)/t12-,14-,15-,18-/m1/s1. The van der Waals surface area contributed by atoms with E-state index in [1.807, 2.05) is 24.3 Å². The molecule has 3 aromatic rings. The average molecular weight is 467 g/mol. The van der Waals surface area contributed by atoms with Crippen LogP contribution >= 0.6 is 7.82 Å². The highest BCUT2D eigenvalue weighted by Crippen LogP contribution is 2.39. The van der Waals surface area contributed by atoms with Crippen molar-refractivity contribution in [1.82, 2.24) is 19.5 Å². The van der Waals surface area contributed by atoms with E-state index in [2.05, 4.69) is 24.8 Å². The van der Waals surface area contributed by atoms with Gasteiger partial charge in [-0.25, -0.2) is 19.5 Å². The van der Waals surface area contributed by atoms with Crippen LogP contribution in [0.2, 0.25) is 0 Å². The SMILES string of the molecule is COc1cccc(CNc2ncnc3c2ncn3[C@@H]2O[C@H](COP(=O)(O)O)[C@@H](O)[C@H]2O)c1. The van der Waals surface area contributed by atoms with Crippen LogP contribution in [0.15, 0.2) is 36.9 Å². The maximum absolute atomic E-state index is 10.9. The Kier molecular flexibility index (Phi) is 6.40. The molecule has 1 fully saturated rings. The molecular weight excluding hydrogens is 445 g/mol. The van der Waals surface area contributed by atoms with Gasteiger partial charge in [0.1, 0.15) is 30.4 Å². The summed E-state index contributed by atoms with van der Waals surface area (Å²) in [5, 5.41) is 23.8. The number of nitrogens with one attached hydrogen (secondary N) is 1. The van der Waals surface area contributed by atoms with E-state index in [1.165, 1.54) is 17.2 Å². The van der Waals surface area contributed by atoms with Gasteiger partial charge in [-0.15, -0.1) is 0 Å². The van der Waals surface area contributed by atoms with E-state index in [-0.39, 0.29) is 0 Å². The van der Waals surface area contributed by atoms with Crippen LogP contribution < -0.4 is 10.1 Å². The number of aromatic nitrogens is 4. The normalized spacial score (nSPS) is 23.5. The molecule has 0 aliphatic carbocycles. The smallest absolute Gasteiger partial charge is 0.469 e. The van der Waals surface area contributed by atoms with Crippen LogP contribution in [0.25, 0.3) is 11.2 Å². The number of hydrogen-bond donors (Lipinski definition) is 5. The number of hydrogen-bond acceptors (Lipinski definition) is 10. The van der Waals surface area contributed by atoms with E-state index in [0.717, 1.165) is 11.3 Å². The summed E-state index contributed by atoms with van der Waals surface area (Å²) in [5.74, 6) is 1.18. The Bertz CT molecular complexity index is 1140. The van der Waals surface area contributed by atoms with Gasteiger partial charge in [0.2, 0.25) is 0 Å². The van der Waals surface area contributed by atoms with Crippen LogP contribution in [0.1, 0.15) is 11.8 Å². The van der Waals surface area contributed by atoms with Crippen molar-refractivity contribution in [3.63, 3.8) is 0 Å². The average Bonchev–Trinajstić information content (AvgIpc) is 3.32. The van der Waals surface area contributed by atoms with E-state index in [1.54, 1.807) is 7.11 Å². The molecule has 4 atom stereocenters. The molecular formula is C18H22N5O8P. The number of methoxy groups -OCH3 is 1. The molecule has 4 rings (SSSR count). The van der Waals surface area contributed by atoms with E-state index >= 15 is 0 Å². The molecule has 172 valence electrons. The Labute approximate surface area is 181 Å². The van der Waals surface area contributed by atoms with Gasteiger partial charge in [-0.3, -0.25) is 9.09 Å². The van der Waals surface area contributed by atoms with E-state index in [9.17, 15) is 14.8 Å². The van der Waals surface area contributed by atoms with Crippen molar-refractivity contribution in [3.05, 3.63) is 42.5 Å². The van der Waals surface area contributed by atoms with Gasteiger partial charge >= 0.3 is 7.82 Å². The van der Waals surface area contributed by atoms with Gasteiger partial charge < -0.3 is 34.8 Å². The van der Waals surface area contributed by atoms with Gasteiger partial charge in [0.25, 0.3) is 0 Å². The molecule has 3 heterocycles. The van der Waals surface area contributed by atoms with Crippen molar-refractivity contribution < 1.29 is 38.6 Å². The third-order valence-electron chi connectivity index (χ3n) is 4.97. The summed E-state index contributed by atoms with van der Waals surface area (Å²) >= 11 is 0. The van der Waals surface area contributed by atoms with Gasteiger partial charge in [-0.05, 0) is 17.7 Å². The number of ether oxygens (including phenoxy) is 2. The molecule has 1 aliphatic rings. The Hall–Kier alpha value is -2.64. The fourth-order valence-electron chi connectivity index (χ4n) is 3.40. The second-order valence-electron chi connectivity index (χ2n) is 7.08. The number of imidazole rings is 1. The van der Waals surface area contributed by atoms with Crippen LogP contribution in [0.3, 0.4) is 0 Å². The van der Waals surface area contributed by atoms with Crippen molar-refractivity contribution in [2.24, 2.45) is 0 Å². The lowest BCUT2D eigenvalue weighted by molar-refractivity contribution is -0.0504. The topological polar surface area (TPSA) is 181 Å². The minimum Gasteiger partial charge on any atom is -0.497 e. The van der Waals surface area contributed by atoms with Crippen molar-refractivity contribution in [2.45, 2.75) is 31.1 Å². The Balaban J connectivity index is 1.53. The lowest BCUT2D eigenvalue weighted by Gasteiger charge is -2.16. The third kappa shape index (κ3) is 4.74. The van der Waals surface area contributed by atoms with Gasteiger partial charge in [0.15, 0.2) is 23.2 Å². The predicted molar refractivity (Wildman–Crippen MR) is 110 cm³/mol. The Morgan fingerprint density at radius 2 is 2.03 bits per heavy atom. The van der Waals surface area contributed by atoms with Crippen LogP contribution in [-0.4, -0.2) is 71.5 Å². The fourth-order valence-corrected chi connectivity index (χ4v) is 3.74. The zero-order valence-electron chi connectivity index (χ0n) is 16.8. The summed E-state index contributed by atoms with van der Waals surface area (Å²) in [7, 11) is -3.17. The monoisotopic (exact) mass is 467 g/mol. The van der Waals surface area contributed by atoms with Crippen molar-refractivity contribution in [3.8, 4) is 5.75 Å². The Morgan fingerprint density at radius 1 is 1.22 bits per heavy atom. The van der Waals surface area contributed by atoms with Gasteiger partial charge in [-0.2, -0.15) is 0 Å². The zero-order chi connectivity index (χ0) is 22.9. The highest BCUT2D eigenvalue weighted by atomic mass is 31.2. The molecule has 2 aromatic heterocycles. The summed E-state index contributed by atoms with van der Waals surface area (Å²) in [6.45, 7) is -0.160. The first-order chi connectivity index (χ1) is 15.3. The van der Waals surface area contributed by atoms with Gasteiger partial charge in [0, 0.05) is 6.54 Å². The highest BCUT2D eigenvalue weighted by molar-refractivity contribution is 7.46. The second kappa shape index (κ2) is 9.08. The number of nitrogens with zero attached hydrogens (tertiary/aromatic N) is 4. The van der Waals surface area contributed by atoms with Crippen molar-refractivity contribution in [2.75, 3.05) is 19.0 Å². The molecule has 0 saturated carbocycles. The minimum absolute atomic E-state index is 0.334. The van der Waals surface area contributed by atoms with E-state index in [4.69, 9.17) is 19.3 Å². The first-order valence-corrected chi connectivity index (χ1v) is 11.1. The summed E-state index contributed by atoms with van der Waals surface area (Å²) < 4.78 is 27.5. The number of aliphatic hydroxyl groups is 2. The molecule has 0 unspecified atom stereocenters. The third-order valence-corrected chi connectivity index (χ3v) is 5.46. The number of phosphoric ester groups is 1. The quantitative estimate of drug-likeness (QED) is 0.284. The molecule has 1 aromatic carbocycles. The number of phosphoric acid groups is 1. The second-order valence-corrected chi connectivity index (χ2v) is 8.32. The van der Waals surface area contributed by atoms with Crippen molar-refractivity contribution >= 4 is 24.8 Å². The van der Waals surface area contributed by atoms with E-state index in [0.29, 0.717) is 23.5 Å². The van der Waals surface area contributed by atoms with Gasteiger partial charge in [0.05, 0.1) is 20.0 Å². The molecule has 14 heteroatoms. The van der Waals surface area contributed by atoms with Crippen LogP contribution in [-0.2, 0) is 20.4 Å². The summed E-state index contributed by atoms with van der Waals surface area (Å²) in [6, 6.07) is 7.52. The first-order valence-electron chi connectivity index (χ1n) is 9.53. The number of aliphatic hydroxyl groups excluding tert-OH is 2. The lowest BCUT2D eigenvalue weighted by atomic mass is 10.1. The number of benzene rings is 1. The molecule has 5 N–H and O–H groups in total.